The highest BCUT2D eigenvalue weighted by Crippen LogP contribution is 2.42. The Morgan fingerprint density at radius 2 is 1.93 bits per heavy atom. The van der Waals surface area contributed by atoms with Gasteiger partial charge >= 0.3 is 5.97 Å². The number of hydrogen-bond donors (Lipinski definition) is 0. The van der Waals surface area contributed by atoms with Gasteiger partial charge in [-0.3, -0.25) is 4.68 Å². The van der Waals surface area contributed by atoms with Crippen LogP contribution in [0.3, 0.4) is 0 Å². The fourth-order valence-electron chi connectivity index (χ4n) is 6.74. The van der Waals surface area contributed by atoms with Crippen molar-refractivity contribution < 1.29 is 18.7 Å². The molecule has 0 spiro atoms. The van der Waals surface area contributed by atoms with Crippen molar-refractivity contribution >= 4 is 28.5 Å². The van der Waals surface area contributed by atoms with E-state index in [1.54, 1.807) is 31.1 Å². The number of rotatable bonds is 8. The number of methoxy groups -OCH3 is 1. The van der Waals surface area contributed by atoms with Gasteiger partial charge < -0.3 is 18.9 Å². The van der Waals surface area contributed by atoms with Gasteiger partial charge in [0.05, 0.1) is 37.3 Å². The second-order valence-electron chi connectivity index (χ2n) is 11.7. The first-order chi connectivity index (χ1) is 20.4. The molecule has 0 N–H and O–H groups in total. The van der Waals surface area contributed by atoms with E-state index in [0.717, 1.165) is 17.2 Å². The predicted octanol–water partition coefficient (Wildman–Crippen LogP) is 5.95. The summed E-state index contributed by atoms with van der Waals surface area (Å²) in [5.74, 6) is 0.637. The minimum absolute atomic E-state index is 0.190. The number of likely N-dealkylation sites (tertiary alicyclic amines) is 1. The Labute approximate surface area is 249 Å². The van der Waals surface area contributed by atoms with Crippen molar-refractivity contribution in [3.05, 3.63) is 64.8 Å². The van der Waals surface area contributed by atoms with Crippen LogP contribution in [0.4, 0.5) is 4.39 Å². The average molecular weight is 592 g/mol. The third kappa shape index (κ3) is 4.86. The number of hydrogen-bond acceptors (Lipinski definition) is 6. The molecule has 2 fully saturated rings. The van der Waals surface area contributed by atoms with E-state index >= 15 is 0 Å². The fourth-order valence-corrected chi connectivity index (χ4v) is 6.99. The molecule has 0 amide bonds. The Bertz CT molecular complexity index is 1620. The molecule has 1 saturated heterocycles. The van der Waals surface area contributed by atoms with E-state index in [1.807, 2.05) is 6.07 Å². The molecular formula is C32H35ClFN5O3. The molecule has 3 aliphatic rings. The number of alkyl halides is 1. The summed E-state index contributed by atoms with van der Waals surface area (Å²) in [5.41, 5.74) is 4.82. The highest BCUT2D eigenvalue weighted by Gasteiger charge is 2.35. The van der Waals surface area contributed by atoms with Crippen molar-refractivity contribution in [3.8, 4) is 16.9 Å². The van der Waals surface area contributed by atoms with Crippen LogP contribution in [0.15, 0.2) is 42.9 Å². The molecule has 1 saturated carbocycles. The number of benzene rings is 2. The van der Waals surface area contributed by atoms with Crippen LogP contribution < -0.4 is 4.74 Å². The van der Waals surface area contributed by atoms with Crippen molar-refractivity contribution in [1.82, 2.24) is 24.2 Å². The van der Waals surface area contributed by atoms with Crippen LogP contribution in [0.25, 0.3) is 22.0 Å². The fraction of sp³-hybridized carbons (Fsp3) is 0.469. The van der Waals surface area contributed by atoms with Crippen molar-refractivity contribution in [3.63, 3.8) is 0 Å². The lowest BCUT2D eigenvalue weighted by Gasteiger charge is -2.32. The lowest BCUT2D eigenvalue weighted by atomic mass is 9.88. The maximum atomic E-state index is 14.2. The van der Waals surface area contributed by atoms with Crippen molar-refractivity contribution in [1.29, 1.82) is 0 Å². The van der Waals surface area contributed by atoms with Gasteiger partial charge in [0.25, 0.3) is 0 Å². The Morgan fingerprint density at radius 3 is 2.62 bits per heavy atom. The summed E-state index contributed by atoms with van der Waals surface area (Å²) in [7, 11) is 1.61. The summed E-state index contributed by atoms with van der Waals surface area (Å²) in [6, 6.07) is 10.4. The molecule has 220 valence electrons. The van der Waals surface area contributed by atoms with Crippen LogP contribution in [0, 0.1) is 0 Å². The number of esters is 1. The average Bonchev–Trinajstić information content (AvgIpc) is 3.49. The molecule has 2 aromatic carbocycles. The highest BCUT2D eigenvalue weighted by molar-refractivity contribution is 6.36. The molecule has 1 unspecified atom stereocenters. The molecule has 8 nitrogen and oxygen atoms in total. The second-order valence-corrected chi connectivity index (χ2v) is 12.1. The van der Waals surface area contributed by atoms with Gasteiger partial charge in [0.1, 0.15) is 11.7 Å². The number of aromatic nitrogens is 4. The largest absolute Gasteiger partial charge is 0.494 e. The van der Waals surface area contributed by atoms with Crippen LogP contribution in [-0.2, 0) is 22.5 Å². The third-order valence-corrected chi connectivity index (χ3v) is 9.34. The summed E-state index contributed by atoms with van der Waals surface area (Å²) < 4.78 is 28.8. The standard InChI is InChI=1S/C32H35ClFN5O3/c1-3-42-32(40)30(29-27-14-22(34)16-38(27)18-35-29)39-17-25-26(33)15-24(31(41-2)28(25)36-39)21-6-4-19(5-7-21)20-10-12-37(13-11-20)23-8-9-23/h4-7,15,17-18,20,22-23,30H,3,8-14,16H2,1-2H3/t22-,30?/m1/s1. The maximum Gasteiger partial charge on any atom is 0.337 e. The zero-order valence-electron chi connectivity index (χ0n) is 23.9. The number of carbonyl (C=O) groups excluding carboxylic acids is 1. The first-order valence-electron chi connectivity index (χ1n) is 14.9. The molecule has 4 heterocycles. The number of carbonyl (C=O) groups is 1. The predicted molar refractivity (Wildman–Crippen MR) is 159 cm³/mol. The molecule has 4 aromatic rings. The minimum atomic E-state index is -1.01. The Hall–Kier alpha value is -3.43. The smallest absolute Gasteiger partial charge is 0.337 e. The van der Waals surface area contributed by atoms with E-state index in [0.29, 0.717) is 39.0 Å². The van der Waals surface area contributed by atoms with E-state index in [9.17, 15) is 9.18 Å². The molecule has 2 aliphatic heterocycles. The number of halogens is 2. The van der Waals surface area contributed by atoms with E-state index in [4.69, 9.17) is 26.2 Å². The Balaban J connectivity index is 1.23. The summed E-state index contributed by atoms with van der Waals surface area (Å²) in [4.78, 5) is 20.4. The lowest BCUT2D eigenvalue weighted by molar-refractivity contribution is -0.146. The summed E-state index contributed by atoms with van der Waals surface area (Å²) in [6.07, 6.45) is 7.59. The quantitative estimate of drug-likeness (QED) is 0.236. The van der Waals surface area contributed by atoms with E-state index in [-0.39, 0.29) is 19.6 Å². The molecule has 10 heteroatoms. The zero-order valence-corrected chi connectivity index (χ0v) is 24.7. The van der Waals surface area contributed by atoms with Crippen LogP contribution in [-0.4, -0.2) is 69.2 Å². The monoisotopic (exact) mass is 591 g/mol. The molecule has 2 aromatic heterocycles. The summed E-state index contributed by atoms with van der Waals surface area (Å²) >= 11 is 6.84. The lowest BCUT2D eigenvalue weighted by Crippen LogP contribution is -2.34. The molecule has 0 radical (unpaired) electrons. The Morgan fingerprint density at radius 1 is 1.17 bits per heavy atom. The molecule has 0 bridgehead atoms. The highest BCUT2D eigenvalue weighted by atomic mass is 35.5. The SMILES string of the molecule is CCOC(=O)C(c1ncn2c1C[C@@H](F)C2)n1cc2c(Cl)cc(-c3ccc(C4CCN(C5CC5)CC4)cc3)c(OC)c2n1. The van der Waals surface area contributed by atoms with E-state index in [1.165, 1.54) is 49.0 Å². The van der Waals surface area contributed by atoms with Gasteiger partial charge in [0, 0.05) is 35.3 Å². The first-order valence-corrected chi connectivity index (χ1v) is 15.3. The number of nitrogens with zero attached hydrogens (tertiary/aromatic N) is 5. The Kier molecular flexibility index (Phi) is 7.18. The van der Waals surface area contributed by atoms with Gasteiger partial charge in [-0.15, -0.1) is 0 Å². The van der Waals surface area contributed by atoms with Crippen molar-refractivity contribution in [2.24, 2.45) is 0 Å². The van der Waals surface area contributed by atoms with Gasteiger partial charge in [0.15, 0.2) is 11.8 Å². The van der Waals surface area contributed by atoms with Crippen LogP contribution in [0.2, 0.25) is 5.02 Å². The second kappa shape index (κ2) is 11.0. The number of fused-ring (bicyclic) bond motifs is 2. The molecule has 42 heavy (non-hydrogen) atoms. The summed E-state index contributed by atoms with van der Waals surface area (Å²) in [6.45, 7) is 4.53. The topological polar surface area (TPSA) is 74.4 Å². The first kappa shape index (κ1) is 27.4. The van der Waals surface area contributed by atoms with Gasteiger partial charge in [-0.2, -0.15) is 5.10 Å². The normalized spacial score (nSPS) is 20.1. The number of piperidine rings is 1. The van der Waals surface area contributed by atoms with E-state index in [2.05, 4.69) is 34.1 Å². The maximum absolute atomic E-state index is 14.2. The van der Waals surface area contributed by atoms with Crippen LogP contribution >= 0.6 is 11.6 Å². The summed E-state index contributed by atoms with van der Waals surface area (Å²) in [5, 5.41) is 5.94. The van der Waals surface area contributed by atoms with E-state index < -0.39 is 18.2 Å². The number of imidazole rings is 1. The van der Waals surface area contributed by atoms with Gasteiger partial charge in [-0.05, 0) is 68.8 Å². The van der Waals surface area contributed by atoms with Crippen molar-refractivity contribution in [2.75, 3.05) is 26.8 Å². The zero-order chi connectivity index (χ0) is 29.0. The molecular weight excluding hydrogens is 557 g/mol. The van der Waals surface area contributed by atoms with Crippen molar-refractivity contribution in [2.45, 2.75) is 69.7 Å². The number of ether oxygens (including phenoxy) is 2. The third-order valence-electron chi connectivity index (χ3n) is 9.03. The minimum Gasteiger partial charge on any atom is -0.494 e. The van der Waals surface area contributed by atoms with Gasteiger partial charge in [-0.1, -0.05) is 35.9 Å². The van der Waals surface area contributed by atoms with Gasteiger partial charge in [0.2, 0.25) is 0 Å². The van der Waals surface area contributed by atoms with Crippen LogP contribution in [0.1, 0.15) is 61.5 Å². The molecule has 2 atom stereocenters. The van der Waals surface area contributed by atoms with Gasteiger partial charge in [-0.25, -0.2) is 14.2 Å². The molecule has 7 rings (SSSR count). The molecule has 1 aliphatic carbocycles. The van der Waals surface area contributed by atoms with Crippen LogP contribution in [0.5, 0.6) is 5.75 Å².